The van der Waals surface area contributed by atoms with Gasteiger partial charge in [0, 0.05) is 43.5 Å². The molecule has 0 bridgehead atoms. The van der Waals surface area contributed by atoms with Crippen molar-refractivity contribution in [2.75, 3.05) is 51.6 Å². The molecule has 0 aliphatic carbocycles. The molecule has 0 spiro atoms. The van der Waals surface area contributed by atoms with Crippen LogP contribution in [0.5, 0.6) is 5.75 Å². The molecule has 3 N–H and O–H groups in total. The number of anilines is 2. The first-order valence-electron chi connectivity index (χ1n) is 9.27. The molecular weight excluding hydrogens is 370 g/mol. The Balaban J connectivity index is 1.96. The second-order valence-electron chi connectivity index (χ2n) is 6.34. The number of methoxy groups -OCH3 is 2. The fraction of sp³-hybridized carbons (Fsp3) is 0.286. The fourth-order valence-corrected chi connectivity index (χ4v) is 2.93. The maximum Gasteiger partial charge on any atom is 0.238 e. The summed E-state index contributed by atoms with van der Waals surface area (Å²) in [6.45, 7) is 1.34. The van der Waals surface area contributed by atoms with Crippen molar-refractivity contribution in [2.45, 2.75) is 0 Å². The number of aromatic nitrogens is 2. The third-order valence-corrected chi connectivity index (χ3v) is 4.38. The van der Waals surface area contributed by atoms with Gasteiger partial charge in [-0.05, 0) is 35.7 Å². The van der Waals surface area contributed by atoms with Crippen molar-refractivity contribution in [3.8, 4) is 17.0 Å². The molecule has 0 saturated carbocycles. The summed E-state index contributed by atoms with van der Waals surface area (Å²) in [6, 6.07) is 11.5. The van der Waals surface area contributed by atoms with E-state index in [0.29, 0.717) is 24.8 Å². The highest BCUT2D eigenvalue weighted by molar-refractivity contribution is 6.05. The molecule has 3 aromatic rings. The number of nitrogens with one attached hydrogen (secondary N) is 3. The van der Waals surface area contributed by atoms with Crippen LogP contribution in [-0.2, 0) is 9.53 Å². The molecule has 0 saturated heterocycles. The minimum absolute atomic E-state index is 0.138. The van der Waals surface area contributed by atoms with Gasteiger partial charge in [0.05, 0.1) is 26.0 Å². The number of hydrogen-bond acceptors (Lipinski definition) is 7. The van der Waals surface area contributed by atoms with E-state index in [2.05, 4.69) is 25.9 Å². The molecule has 8 nitrogen and oxygen atoms in total. The van der Waals surface area contributed by atoms with Gasteiger partial charge in [0.1, 0.15) is 5.75 Å². The Morgan fingerprint density at radius 3 is 2.76 bits per heavy atom. The van der Waals surface area contributed by atoms with Crippen LogP contribution in [0.2, 0.25) is 0 Å². The van der Waals surface area contributed by atoms with E-state index in [1.165, 1.54) is 0 Å². The quantitative estimate of drug-likeness (QED) is 0.479. The van der Waals surface area contributed by atoms with Gasteiger partial charge in [-0.2, -0.15) is 0 Å². The van der Waals surface area contributed by atoms with Crippen LogP contribution >= 0.6 is 0 Å². The van der Waals surface area contributed by atoms with Crippen LogP contribution < -0.4 is 20.7 Å². The van der Waals surface area contributed by atoms with Crippen molar-refractivity contribution < 1.29 is 14.3 Å². The molecule has 0 aliphatic heterocycles. The zero-order valence-electron chi connectivity index (χ0n) is 16.8. The van der Waals surface area contributed by atoms with Crippen molar-refractivity contribution in [3.05, 3.63) is 42.6 Å². The molecule has 2 aromatic carbocycles. The Hall–Kier alpha value is -3.23. The lowest BCUT2D eigenvalue weighted by Crippen LogP contribution is -2.30. The largest absolute Gasteiger partial charge is 0.497 e. The molecular formula is C21H25N5O3. The maximum absolute atomic E-state index is 12.4. The number of ether oxygens (including phenoxy) is 2. The molecule has 0 unspecified atom stereocenters. The highest BCUT2D eigenvalue weighted by atomic mass is 16.5. The summed E-state index contributed by atoms with van der Waals surface area (Å²) in [4.78, 5) is 21.1. The molecule has 0 atom stereocenters. The van der Waals surface area contributed by atoms with E-state index < -0.39 is 0 Å². The number of fused-ring (bicyclic) bond motifs is 1. The standard InChI is InChI=1S/C21H25N5O3/c1-22-21-24-7-6-18(26-21)15-10-14-4-5-16(29-3)12-17(14)19(11-15)25-20(27)13-23-8-9-28-2/h4-7,10-12,23H,8-9,13H2,1-3H3,(H,25,27)(H,22,24,26). The van der Waals surface area contributed by atoms with Gasteiger partial charge >= 0.3 is 0 Å². The average molecular weight is 395 g/mol. The first-order chi connectivity index (χ1) is 14.1. The molecule has 1 amide bonds. The molecule has 152 valence electrons. The second kappa shape index (κ2) is 9.81. The predicted octanol–water partition coefficient (Wildman–Crippen LogP) is 2.52. The third kappa shape index (κ3) is 5.18. The van der Waals surface area contributed by atoms with E-state index in [-0.39, 0.29) is 12.5 Å². The maximum atomic E-state index is 12.4. The minimum Gasteiger partial charge on any atom is -0.497 e. The zero-order chi connectivity index (χ0) is 20.6. The lowest BCUT2D eigenvalue weighted by atomic mass is 10.0. The SMILES string of the molecule is CNc1nccc(-c2cc(NC(=O)CNCCOC)c3cc(OC)ccc3c2)n1. The van der Waals surface area contributed by atoms with Crippen LogP contribution in [0.1, 0.15) is 0 Å². The number of hydrogen-bond donors (Lipinski definition) is 3. The molecule has 0 aliphatic rings. The van der Waals surface area contributed by atoms with Crippen molar-refractivity contribution in [2.24, 2.45) is 0 Å². The van der Waals surface area contributed by atoms with Gasteiger partial charge in [-0.15, -0.1) is 0 Å². The van der Waals surface area contributed by atoms with Crippen molar-refractivity contribution in [1.82, 2.24) is 15.3 Å². The number of carbonyl (C=O) groups is 1. The van der Waals surface area contributed by atoms with Crippen LogP contribution in [0.4, 0.5) is 11.6 Å². The van der Waals surface area contributed by atoms with Crippen LogP contribution in [0, 0.1) is 0 Å². The van der Waals surface area contributed by atoms with E-state index in [1.807, 2.05) is 36.4 Å². The monoisotopic (exact) mass is 395 g/mol. The molecule has 3 rings (SSSR count). The highest BCUT2D eigenvalue weighted by Crippen LogP contribution is 2.33. The lowest BCUT2D eigenvalue weighted by Gasteiger charge is -2.13. The topological polar surface area (TPSA) is 97.4 Å². The Morgan fingerprint density at radius 1 is 1.14 bits per heavy atom. The highest BCUT2D eigenvalue weighted by Gasteiger charge is 2.11. The zero-order valence-corrected chi connectivity index (χ0v) is 16.8. The van der Waals surface area contributed by atoms with E-state index in [1.54, 1.807) is 27.5 Å². The van der Waals surface area contributed by atoms with Crippen LogP contribution in [0.15, 0.2) is 42.6 Å². The Kier molecular flexibility index (Phi) is 6.94. The predicted molar refractivity (Wildman–Crippen MR) is 114 cm³/mol. The molecule has 0 radical (unpaired) electrons. The number of nitrogens with zero attached hydrogens (tertiary/aromatic N) is 2. The van der Waals surface area contributed by atoms with E-state index in [9.17, 15) is 4.79 Å². The first-order valence-corrected chi connectivity index (χ1v) is 9.27. The summed E-state index contributed by atoms with van der Waals surface area (Å²) in [5.74, 6) is 1.12. The summed E-state index contributed by atoms with van der Waals surface area (Å²) in [7, 11) is 5.01. The smallest absolute Gasteiger partial charge is 0.238 e. The second-order valence-corrected chi connectivity index (χ2v) is 6.34. The van der Waals surface area contributed by atoms with Gasteiger partial charge in [0.25, 0.3) is 0 Å². The van der Waals surface area contributed by atoms with Crippen LogP contribution in [0.25, 0.3) is 22.0 Å². The van der Waals surface area contributed by atoms with Gasteiger partial charge in [-0.25, -0.2) is 9.97 Å². The fourth-order valence-electron chi connectivity index (χ4n) is 2.93. The minimum atomic E-state index is -0.138. The Morgan fingerprint density at radius 2 is 2.00 bits per heavy atom. The third-order valence-electron chi connectivity index (χ3n) is 4.38. The first kappa shape index (κ1) is 20.5. The van der Waals surface area contributed by atoms with E-state index >= 15 is 0 Å². The van der Waals surface area contributed by atoms with E-state index in [0.717, 1.165) is 27.8 Å². The summed E-state index contributed by atoms with van der Waals surface area (Å²) in [5.41, 5.74) is 2.33. The number of rotatable bonds is 9. The van der Waals surface area contributed by atoms with Crippen molar-refractivity contribution in [3.63, 3.8) is 0 Å². The number of amides is 1. The summed E-state index contributed by atoms with van der Waals surface area (Å²) in [6.07, 6.45) is 1.70. The number of benzene rings is 2. The van der Waals surface area contributed by atoms with Crippen LogP contribution in [0.3, 0.4) is 0 Å². The normalized spacial score (nSPS) is 10.7. The van der Waals surface area contributed by atoms with Crippen LogP contribution in [-0.4, -0.2) is 56.8 Å². The number of carbonyl (C=O) groups excluding carboxylic acids is 1. The van der Waals surface area contributed by atoms with Crippen molar-refractivity contribution in [1.29, 1.82) is 0 Å². The molecule has 0 fully saturated rings. The lowest BCUT2D eigenvalue weighted by molar-refractivity contribution is -0.115. The molecule has 8 heteroatoms. The summed E-state index contributed by atoms with van der Waals surface area (Å²) in [5, 5.41) is 10.8. The molecule has 1 heterocycles. The van der Waals surface area contributed by atoms with Gasteiger partial charge in [-0.1, -0.05) is 6.07 Å². The van der Waals surface area contributed by atoms with Gasteiger partial charge in [0.15, 0.2) is 0 Å². The van der Waals surface area contributed by atoms with Crippen molar-refractivity contribution >= 4 is 28.3 Å². The van der Waals surface area contributed by atoms with Gasteiger partial charge in [-0.3, -0.25) is 4.79 Å². The Labute approximate surface area is 169 Å². The molecule has 29 heavy (non-hydrogen) atoms. The Bertz CT molecular complexity index is 993. The van der Waals surface area contributed by atoms with E-state index in [4.69, 9.17) is 9.47 Å². The van der Waals surface area contributed by atoms with Gasteiger partial charge < -0.3 is 25.4 Å². The summed E-state index contributed by atoms with van der Waals surface area (Å²) < 4.78 is 10.3. The summed E-state index contributed by atoms with van der Waals surface area (Å²) >= 11 is 0. The van der Waals surface area contributed by atoms with Gasteiger partial charge in [0.2, 0.25) is 11.9 Å². The average Bonchev–Trinajstić information content (AvgIpc) is 2.76. The molecule has 1 aromatic heterocycles.